The van der Waals surface area contributed by atoms with Crippen molar-refractivity contribution in [2.45, 2.75) is 37.4 Å². The van der Waals surface area contributed by atoms with Crippen molar-refractivity contribution in [2.24, 2.45) is 5.73 Å². The molecule has 0 aromatic heterocycles. The summed E-state index contributed by atoms with van der Waals surface area (Å²) in [6, 6.07) is 6.42. The molecule has 0 aliphatic carbocycles. The van der Waals surface area contributed by atoms with E-state index in [-0.39, 0.29) is 5.91 Å². The van der Waals surface area contributed by atoms with Crippen molar-refractivity contribution in [2.75, 3.05) is 13.2 Å². The largest absolute Gasteiger partial charge is 0.480 e. The van der Waals surface area contributed by atoms with Gasteiger partial charge in [-0.1, -0.05) is 30.3 Å². The highest BCUT2D eigenvalue weighted by molar-refractivity contribution is 5.92. The fourth-order valence-electron chi connectivity index (χ4n) is 2.92. The molecule has 0 bridgehead atoms. The summed E-state index contributed by atoms with van der Waals surface area (Å²) in [5, 5.41) is 20.2. The minimum Gasteiger partial charge on any atom is -0.480 e. The summed E-state index contributed by atoms with van der Waals surface area (Å²) in [6.45, 7) is -0.314. The molecule has 8 heteroatoms. The molecule has 1 aromatic carbocycles. The molecule has 25 heavy (non-hydrogen) atoms. The third-order valence-corrected chi connectivity index (χ3v) is 4.25. The Hall–Kier alpha value is -2.45. The number of hydrogen-bond donors (Lipinski definition) is 4. The zero-order valence-corrected chi connectivity index (χ0v) is 13.8. The lowest BCUT2D eigenvalue weighted by molar-refractivity contribution is -0.145. The van der Waals surface area contributed by atoms with Gasteiger partial charge in [-0.05, 0) is 24.8 Å². The Morgan fingerprint density at radius 2 is 1.96 bits per heavy atom. The van der Waals surface area contributed by atoms with E-state index in [1.165, 1.54) is 4.90 Å². The second kappa shape index (κ2) is 8.59. The van der Waals surface area contributed by atoms with Crippen molar-refractivity contribution in [1.82, 2.24) is 10.2 Å². The fourth-order valence-corrected chi connectivity index (χ4v) is 2.92. The second-order valence-corrected chi connectivity index (χ2v) is 6.07. The minimum absolute atomic E-state index is 0.336. The Morgan fingerprint density at radius 3 is 2.56 bits per heavy atom. The van der Waals surface area contributed by atoms with E-state index >= 15 is 0 Å². The number of carboxylic acid groups (broad SMARTS) is 1. The maximum Gasteiger partial charge on any atom is 0.328 e. The first-order valence-corrected chi connectivity index (χ1v) is 8.18. The summed E-state index contributed by atoms with van der Waals surface area (Å²) >= 11 is 0. The number of hydrogen-bond acceptors (Lipinski definition) is 5. The molecule has 136 valence electrons. The molecule has 3 atom stereocenters. The predicted octanol–water partition coefficient (Wildman–Crippen LogP) is -0.891. The Bertz CT molecular complexity index is 622. The molecule has 1 heterocycles. The number of aliphatic carboxylic acids is 1. The Kier molecular flexibility index (Phi) is 6.49. The number of carboxylic acids is 1. The van der Waals surface area contributed by atoms with Gasteiger partial charge in [-0.3, -0.25) is 9.59 Å². The first kappa shape index (κ1) is 18.9. The van der Waals surface area contributed by atoms with Crippen LogP contribution in [0.4, 0.5) is 0 Å². The van der Waals surface area contributed by atoms with E-state index in [1.807, 2.05) is 30.3 Å². The highest BCUT2D eigenvalue weighted by atomic mass is 16.4. The monoisotopic (exact) mass is 349 g/mol. The molecule has 5 N–H and O–H groups in total. The van der Waals surface area contributed by atoms with E-state index in [9.17, 15) is 14.4 Å². The first-order valence-electron chi connectivity index (χ1n) is 8.18. The van der Waals surface area contributed by atoms with Crippen LogP contribution in [0.3, 0.4) is 0 Å². The van der Waals surface area contributed by atoms with Gasteiger partial charge in [-0.2, -0.15) is 0 Å². The summed E-state index contributed by atoms with van der Waals surface area (Å²) < 4.78 is 0. The van der Waals surface area contributed by atoms with Crippen LogP contribution in [0.25, 0.3) is 0 Å². The highest BCUT2D eigenvalue weighted by Crippen LogP contribution is 2.19. The van der Waals surface area contributed by atoms with Crippen LogP contribution in [-0.2, 0) is 20.8 Å². The third kappa shape index (κ3) is 4.77. The lowest BCUT2D eigenvalue weighted by atomic mass is 10.1. The van der Waals surface area contributed by atoms with Crippen molar-refractivity contribution in [3.63, 3.8) is 0 Å². The van der Waals surface area contributed by atoms with Crippen LogP contribution < -0.4 is 11.1 Å². The van der Waals surface area contributed by atoms with Gasteiger partial charge in [0.05, 0.1) is 12.6 Å². The molecule has 1 fully saturated rings. The Balaban J connectivity index is 2.00. The first-order chi connectivity index (χ1) is 11.9. The number of aliphatic hydroxyl groups excluding tert-OH is 1. The molecule has 1 aliphatic heterocycles. The van der Waals surface area contributed by atoms with Gasteiger partial charge in [0.15, 0.2) is 0 Å². The molecule has 2 amide bonds. The molecule has 8 nitrogen and oxygen atoms in total. The minimum atomic E-state index is -1.39. The zero-order chi connectivity index (χ0) is 18.4. The van der Waals surface area contributed by atoms with Gasteiger partial charge in [0.1, 0.15) is 12.1 Å². The van der Waals surface area contributed by atoms with Gasteiger partial charge in [-0.25, -0.2) is 4.79 Å². The van der Waals surface area contributed by atoms with Crippen LogP contribution in [0.2, 0.25) is 0 Å². The summed E-state index contributed by atoms with van der Waals surface area (Å²) in [7, 11) is 0. The molecule has 0 saturated carbocycles. The number of nitrogens with zero attached hydrogens (tertiary/aromatic N) is 1. The molecule has 1 aromatic rings. The lowest BCUT2D eigenvalue weighted by Gasteiger charge is -2.27. The molecule has 0 radical (unpaired) electrons. The average molecular weight is 349 g/mol. The number of benzene rings is 1. The van der Waals surface area contributed by atoms with E-state index in [4.69, 9.17) is 15.9 Å². The van der Waals surface area contributed by atoms with E-state index < -0.39 is 36.6 Å². The maximum atomic E-state index is 12.6. The van der Waals surface area contributed by atoms with Gasteiger partial charge in [0.2, 0.25) is 11.8 Å². The highest BCUT2D eigenvalue weighted by Gasteiger charge is 2.37. The molecular weight excluding hydrogens is 326 g/mol. The quantitative estimate of drug-likeness (QED) is 0.505. The molecule has 2 rings (SSSR count). The zero-order valence-electron chi connectivity index (χ0n) is 13.8. The average Bonchev–Trinajstić information content (AvgIpc) is 3.09. The number of likely N-dealkylation sites (tertiary alicyclic amines) is 1. The standard InChI is InChI=1S/C17H23N3O5/c18-12(9-11-5-2-1-3-6-11)16(23)20-8-4-7-14(20)15(22)19-13(10-21)17(24)25/h1-3,5-6,12-14,21H,4,7-10,18H2,(H,19,22)(H,24,25). The van der Waals surface area contributed by atoms with Crippen molar-refractivity contribution < 1.29 is 24.6 Å². The topological polar surface area (TPSA) is 133 Å². The van der Waals surface area contributed by atoms with E-state index in [0.29, 0.717) is 25.8 Å². The lowest BCUT2D eigenvalue weighted by Crippen LogP contribution is -2.54. The van der Waals surface area contributed by atoms with Gasteiger partial charge >= 0.3 is 5.97 Å². The summed E-state index contributed by atoms with van der Waals surface area (Å²) in [5.74, 6) is -2.25. The van der Waals surface area contributed by atoms with Crippen molar-refractivity contribution in [3.05, 3.63) is 35.9 Å². The van der Waals surface area contributed by atoms with Gasteiger partial charge in [0, 0.05) is 6.54 Å². The van der Waals surface area contributed by atoms with E-state index in [2.05, 4.69) is 5.32 Å². The Labute approximate surface area is 145 Å². The van der Waals surface area contributed by atoms with Gasteiger partial charge < -0.3 is 26.2 Å². The Morgan fingerprint density at radius 1 is 1.28 bits per heavy atom. The molecular formula is C17H23N3O5. The normalized spacial score (nSPS) is 19.3. The van der Waals surface area contributed by atoms with Gasteiger partial charge in [-0.15, -0.1) is 0 Å². The van der Waals surface area contributed by atoms with E-state index in [1.54, 1.807) is 0 Å². The molecule has 1 aliphatic rings. The number of nitrogens with two attached hydrogens (primary N) is 1. The SMILES string of the molecule is NC(Cc1ccccc1)C(=O)N1CCCC1C(=O)NC(CO)C(=O)O. The van der Waals surface area contributed by atoms with Crippen molar-refractivity contribution >= 4 is 17.8 Å². The number of rotatable bonds is 7. The smallest absolute Gasteiger partial charge is 0.328 e. The van der Waals surface area contributed by atoms with Crippen LogP contribution in [0.1, 0.15) is 18.4 Å². The second-order valence-electron chi connectivity index (χ2n) is 6.07. The van der Waals surface area contributed by atoms with Crippen LogP contribution in [-0.4, -0.2) is 64.2 Å². The van der Waals surface area contributed by atoms with Crippen LogP contribution in [0.15, 0.2) is 30.3 Å². The molecule has 1 saturated heterocycles. The molecule has 0 spiro atoms. The number of nitrogens with one attached hydrogen (secondary N) is 1. The summed E-state index contributed by atoms with van der Waals surface area (Å²) in [5.41, 5.74) is 6.94. The van der Waals surface area contributed by atoms with Crippen molar-refractivity contribution in [3.8, 4) is 0 Å². The van der Waals surface area contributed by atoms with E-state index in [0.717, 1.165) is 5.56 Å². The third-order valence-electron chi connectivity index (χ3n) is 4.25. The number of aliphatic hydroxyl groups is 1. The summed E-state index contributed by atoms with van der Waals surface area (Å²) in [6.07, 6.45) is 1.44. The number of carbonyl (C=O) groups excluding carboxylic acids is 2. The van der Waals surface area contributed by atoms with Crippen LogP contribution in [0, 0.1) is 0 Å². The summed E-state index contributed by atoms with van der Waals surface area (Å²) in [4.78, 5) is 37.2. The van der Waals surface area contributed by atoms with Crippen LogP contribution >= 0.6 is 0 Å². The van der Waals surface area contributed by atoms with Crippen molar-refractivity contribution in [1.29, 1.82) is 0 Å². The van der Waals surface area contributed by atoms with Gasteiger partial charge in [0.25, 0.3) is 0 Å². The number of amides is 2. The molecule has 3 unspecified atom stereocenters. The maximum absolute atomic E-state index is 12.6. The number of carbonyl (C=O) groups is 3. The predicted molar refractivity (Wildman–Crippen MR) is 89.5 cm³/mol. The van der Waals surface area contributed by atoms with Crippen LogP contribution in [0.5, 0.6) is 0 Å². The fraction of sp³-hybridized carbons (Fsp3) is 0.471.